The summed E-state index contributed by atoms with van der Waals surface area (Å²) in [5.41, 5.74) is 3.35. The third kappa shape index (κ3) is 2.05. The monoisotopic (exact) mass is 282 g/mol. The highest BCUT2D eigenvalue weighted by atomic mass is 16.1. The van der Waals surface area contributed by atoms with E-state index in [1.54, 1.807) is 15.2 Å². The van der Waals surface area contributed by atoms with Crippen LogP contribution in [0.5, 0.6) is 0 Å². The predicted molar refractivity (Wildman–Crippen MR) is 82.1 cm³/mol. The topological polar surface area (TPSA) is 52.2 Å². The van der Waals surface area contributed by atoms with Crippen LogP contribution in [-0.2, 0) is 0 Å². The number of aryl methyl sites for hydroxylation is 1. The second-order valence-electron chi connectivity index (χ2n) is 5.60. The number of aromatic nitrogens is 4. The molecule has 2 heterocycles. The maximum absolute atomic E-state index is 12.7. The van der Waals surface area contributed by atoms with E-state index in [-0.39, 0.29) is 11.5 Å². The predicted octanol–water partition coefficient (Wildman–Crippen LogP) is 2.62. The average Bonchev–Trinajstić information content (AvgIpc) is 2.88. The van der Waals surface area contributed by atoms with Crippen LogP contribution in [0.1, 0.15) is 36.7 Å². The summed E-state index contributed by atoms with van der Waals surface area (Å²) < 4.78 is 3.41. The van der Waals surface area contributed by atoms with Crippen LogP contribution in [0, 0.1) is 13.8 Å². The summed E-state index contributed by atoms with van der Waals surface area (Å²) in [4.78, 5) is 12.7. The number of rotatable bonds is 2. The van der Waals surface area contributed by atoms with Crippen LogP contribution in [0.4, 0.5) is 0 Å². The van der Waals surface area contributed by atoms with Gasteiger partial charge in [-0.2, -0.15) is 0 Å². The van der Waals surface area contributed by atoms with E-state index in [0.29, 0.717) is 5.65 Å². The van der Waals surface area contributed by atoms with Gasteiger partial charge in [0, 0.05) is 18.3 Å². The summed E-state index contributed by atoms with van der Waals surface area (Å²) >= 11 is 0. The quantitative estimate of drug-likeness (QED) is 0.726. The van der Waals surface area contributed by atoms with Crippen molar-refractivity contribution >= 4 is 5.65 Å². The molecular formula is C16H18N4O. The molecule has 0 aliphatic rings. The summed E-state index contributed by atoms with van der Waals surface area (Å²) in [6.07, 6.45) is 3.64. The first-order chi connectivity index (χ1) is 10.0. The SMILES string of the molecule is Cc1cccc(-n2ccn3c(C(C)C)nnc3c2=O)c1C. The lowest BCUT2D eigenvalue weighted by molar-refractivity contribution is 0.755. The normalized spacial score (nSPS) is 11.5. The second kappa shape index (κ2) is 4.84. The Morgan fingerprint density at radius 2 is 1.86 bits per heavy atom. The summed E-state index contributed by atoms with van der Waals surface area (Å²) in [5.74, 6) is 1.02. The maximum Gasteiger partial charge on any atom is 0.300 e. The molecular weight excluding hydrogens is 264 g/mol. The molecule has 0 fully saturated rings. The fraction of sp³-hybridized carbons (Fsp3) is 0.312. The van der Waals surface area contributed by atoms with Gasteiger partial charge in [0.2, 0.25) is 5.65 Å². The maximum atomic E-state index is 12.7. The van der Waals surface area contributed by atoms with Crippen LogP contribution in [-0.4, -0.2) is 19.2 Å². The van der Waals surface area contributed by atoms with Crippen molar-refractivity contribution in [3.05, 3.63) is 57.9 Å². The summed E-state index contributed by atoms with van der Waals surface area (Å²) in [6, 6.07) is 5.94. The number of fused-ring (bicyclic) bond motifs is 1. The summed E-state index contributed by atoms with van der Waals surface area (Å²) in [7, 11) is 0. The van der Waals surface area contributed by atoms with Crippen molar-refractivity contribution in [1.29, 1.82) is 0 Å². The van der Waals surface area contributed by atoms with Gasteiger partial charge in [0.25, 0.3) is 0 Å². The standard InChI is InChI=1S/C16H18N4O/c1-10(2)14-17-18-15-16(21)19(8-9-20(14)15)13-7-5-6-11(3)12(13)4/h5-10H,1-4H3. The van der Waals surface area contributed by atoms with Crippen LogP contribution in [0.2, 0.25) is 0 Å². The Balaban J connectivity index is 2.29. The molecule has 5 heteroatoms. The third-order valence-electron chi connectivity index (χ3n) is 3.85. The molecule has 0 saturated carbocycles. The van der Waals surface area contributed by atoms with E-state index in [0.717, 1.165) is 22.6 Å². The third-order valence-corrected chi connectivity index (χ3v) is 3.85. The molecule has 1 aromatic carbocycles. The van der Waals surface area contributed by atoms with Crippen molar-refractivity contribution in [2.24, 2.45) is 0 Å². The molecule has 0 aliphatic heterocycles. The van der Waals surface area contributed by atoms with Gasteiger partial charge in [0.1, 0.15) is 5.82 Å². The Labute approximate surface area is 122 Å². The minimum atomic E-state index is -0.148. The number of hydrogen-bond donors (Lipinski definition) is 0. The molecule has 0 amide bonds. The van der Waals surface area contributed by atoms with E-state index in [9.17, 15) is 4.79 Å². The van der Waals surface area contributed by atoms with E-state index in [4.69, 9.17) is 0 Å². The van der Waals surface area contributed by atoms with Gasteiger partial charge in [-0.05, 0) is 31.0 Å². The smallest absolute Gasteiger partial charge is 0.280 e. The minimum absolute atomic E-state index is 0.148. The molecule has 0 spiro atoms. The first-order valence-corrected chi connectivity index (χ1v) is 7.03. The minimum Gasteiger partial charge on any atom is -0.280 e. The number of benzene rings is 1. The average molecular weight is 282 g/mol. The van der Waals surface area contributed by atoms with Gasteiger partial charge in [-0.15, -0.1) is 10.2 Å². The molecule has 0 N–H and O–H groups in total. The molecule has 21 heavy (non-hydrogen) atoms. The van der Waals surface area contributed by atoms with Crippen LogP contribution in [0.25, 0.3) is 11.3 Å². The molecule has 0 aliphatic carbocycles. The highest BCUT2D eigenvalue weighted by Gasteiger charge is 2.14. The summed E-state index contributed by atoms with van der Waals surface area (Å²) in [6.45, 7) is 8.13. The molecule has 0 atom stereocenters. The zero-order chi connectivity index (χ0) is 15.1. The van der Waals surface area contributed by atoms with Gasteiger partial charge in [-0.1, -0.05) is 26.0 Å². The van der Waals surface area contributed by atoms with Crippen molar-refractivity contribution in [1.82, 2.24) is 19.2 Å². The zero-order valence-electron chi connectivity index (χ0n) is 12.7. The Kier molecular flexibility index (Phi) is 3.12. The van der Waals surface area contributed by atoms with Crippen LogP contribution < -0.4 is 5.56 Å². The molecule has 0 radical (unpaired) electrons. The molecule has 0 bridgehead atoms. The van der Waals surface area contributed by atoms with E-state index in [2.05, 4.69) is 10.2 Å². The molecule has 5 nitrogen and oxygen atoms in total. The first kappa shape index (κ1) is 13.5. The van der Waals surface area contributed by atoms with Gasteiger partial charge in [0.15, 0.2) is 0 Å². The fourth-order valence-electron chi connectivity index (χ4n) is 2.48. The lowest BCUT2D eigenvalue weighted by Gasteiger charge is -2.11. The lowest BCUT2D eigenvalue weighted by atomic mass is 10.1. The van der Waals surface area contributed by atoms with E-state index in [1.807, 2.05) is 52.1 Å². The van der Waals surface area contributed by atoms with Gasteiger partial charge in [-0.3, -0.25) is 13.8 Å². The largest absolute Gasteiger partial charge is 0.300 e. The van der Waals surface area contributed by atoms with Crippen molar-refractivity contribution in [3.8, 4) is 5.69 Å². The Hall–Kier alpha value is -2.43. The Morgan fingerprint density at radius 1 is 1.10 bits per heavy atom. The van der Waals surface area contributed by atoms with E-state index >= 15 is 0 Å². The highest BCUT2D eigenvalue weighted by molar-refractivity contribution is 5.47. The Bertz CT molecular complexity index is 874. The van der Waals surface area contributed by atoms with Crippen molar-refractivity contribution in [3.63, 3.8) is 0 Å². The van der Waals surface area contributed by atoms with Crippen LogP contribution >= 0.6 is 0 Å². The molecule has 108 valence electrons. The second-order valence-corrected chi connectivity index (χ2v) is 5.60. The first-order valence-electron chi connectivity index (χ1n) is 7.03. The number of hydrogen-bond acceptors (Lipinski definition) is 3. The van der Waals surface area contributed by atoms with E-state index < -0.39 is 0 Å². The Morgan fingerprint density at radius 3 is 2.57 bits per heavy atom. The fourth-order valence-corrected chi connectivity index (χ4v) is 2.48. The van der Waals surface area contributed by atoms with Gasteiger partial charge in [-0.25, -0.2) is 0 Å². The number of nitrogens with zero attached hydrogens (tertiary/aromatic N) is 4. The summed E-state index contributed by atoms with van der Waals surface area (Å²) in [5, 5.41) is 8.19. The van der Waals surface area contributed by atoms with Gasteiger partial charge >= 0.3 is 5.56 Å². The van der Waals surface area contributed by atoms with Crippen molar-refractivity contribution in [2.75, 3.05) is 0 Å². The zero-order valence-corrected chi connectivity index (χ0v) is 12.7. The molecule has 0 saturated heterocycles. The molecule has 0 unspecified atom stereocenters. The van der Waals surface area contributed by atoms with Gasteiger partial charge < -0.3 is 0 Å². The van der Waals surface area contributed by atoms with Crippen LogP contribution in [0.15, 0.2) is 35.4 Å². The van der Waals surface area contributed by atoms with Crippen molar-refractivity contribution < 1.29 is 0 Å². The lowest BCUT2D eigenvalue weighted by Crippen LogP contribution is -2.21. The van der Waals surface area contributed by atoms with Crippen LogP contribution in [0.3, 0.4) is 0 Å². The van der Waals surface area contributed by atoms with Gasteiger partial charge in [0.05, 0.1) is 5.69 Å². The van der Waals surface area contributed by atoms with E-state index in [1.165, 1.54) is 0 Å². The highest BCUT2D eigenvalue weighted by Crippen LogP contribution is 2.17. The molecule has 3 rings (SSSR count). The molecule has 2 aromatic heterocycles. The molecule has 3 aromatic rings. The van der Waals surface area contributed by atoms with Crippen molar-refractivity contribution in [2.45, 2.75) is 33.6 Å².